The Kier molecular flexibility index (Phi) is 6.58. The number of rotatable bonds is 3. The molecule has 1 aromatic rings. The first-order valence-electron chi connectivity index (χ1n) is 9.82. The molecule has 6 nitrogen and oxygen atoms in total. The normalized spacial score (nSPS) is 21.7. The highest BCUT2D eigenvalue weighted by molar-refractivity contribution is 7.82. The summed E-state index contributed by atoms with van der Waals surface area (Å²) in [4.78, 5) is 1.41. The van der Waals surface area contributed by atoms with Crippen LogP contribution in [-0.4, -0.2) is 44.0 Å². The van der Waals surface area contributed by atoms with E-state index >= 15 is 0 Å². The van der Waals surface area contributed by atoms with Gasteiger partial charge in [0, 0.05) is 25.3 Å². The van der Waals surface area contributed by atoms with Crippen LogP contribution in [-0.2, 0) is 31.1 Å². The van der Waals surface area contributed by atoms with Gasteiger partial charge in [-0.15, -0.1) is 0 Å². The van der Waals surface area contributed by atoms with Crippen molar-refractivity contribution in [2.75, 3.05) is 19.7 Å². The Morgan fingerprint density at radius 3 is 1.91 bits per heavy atom. The summed E-state index contributed by atoms with van der Waals surface area (Å²) in [6.45, 7) is 4.11. The number of piperidine rings is 1. The molecule has 0 atom stereocenters. The fourth-order valence-electron chi connectivity index (χ4n) is 3.77. The summed E-state index contributed by atoms with van der Waals surface area (Å²) in [5.74, 6) is 2.35. The maximum absolute atomic E-state index is 13.1. The third-order valence-corrected chi connectivity index (χ3v) is 6.67. The molecule has 184 valence electrons. The number of benzene rings is 1. The largest absolute Gasteiger partial charge is 0.416 e. The van der Waals surface area contributed by atoms with Crippen molar-refractivity contribution in [2.24, 2.45) is 11.3 Å². The van der Waals surface area contributed by atoms with E-state index in [4.69, 9.17) is 8.37 Å². The fourth-order valence-corrected chi connectivity index (χ4v) is 4.63. The van der Waals surface area contributed by atoms with E-state index in [1.807, 2.05) is 13.8 Å². The van der Waals surface area contributed by atoms with Crippen molar-refractivity contribution >= 4 is 10.4 Å². The maximum Gasteiger partial charge on any atom is 0.416 e. The topological polar surface area (TPSA) is 76.1 Å². The van der Waals surface area contributed by atoms with Crippen LogP contribution >= 0.6 is 0 Å². The van der Waals surface area contributed by atoms with Gasteiger partial charge in [0.05, 0.1) is 11.1 Å². The first-order chi connectivity index (χ1) is 15.0. The lowest BCUT2D eigenvalue weighted by molar-refractivity contribution is -0.246. The molecule has 3 rings (SSSR count). The summed E-state index contributed by atoms with van der Waals surface area (Å²) in [6, 6.07) is 0.827. The minimum absolute atomic E-state index is 0.0323. The molecule has 2 saturated heterocycles. The zero-order valence-corrected chi connectivity index (χ0v) is 18.4. The fraction of sp³-hybridized carbons (Fsp3) is 0.600. The van der Waals surface area contributed by atoms with Gasteiger partial charge in [0.2, 0.25) is 0 Å². The highest BCUT2D eigenvalue weighted by atomic mass is 32.3. The highest BCUT2D eigenvalue weighted by Gasteiger charge is 2.57. The SMILES string of the molecule is CC(C)(CO)C1CCN(C2(C#Cc3cc(C(F)(F)F)cc(C(F)(F)F)c3)OS(=O)(=O)O2)CC1. The van der Waals surface area contributed by atoms with Gasteiger partial charge in [-0.1, -0.05) is 19.8 Å². The van der Waals surface area contributed by atoms with E-state index in [1.54, 1.807) is 0 Å². The Morgan fingerprint density at radius 1 is 1.03 bits per heavy atom. The lowest BCUT2D eigenvalue weighted by atomic mass is 9.74. The predicted octanol–water partition coefficient (Wildman–Crippen LogP) is 3.75. The predicted molar refractivity (Wildman–Crippen MR) is 102 cm³/mol. The summed E-state index contributed by atoms with van der Waals surface area (Å²) < 4.78 is 111. The second kappa shape index (κ2) is 8.42. The molecule has 1 N–H and O–H groups in total. The van der Waals surface area contributed by atoms with Crippen molar-refractivity contribution in [3.8, 4) is 11.8 Å². The van der Waals surface area contributed by atoms with Gasteiger partial charge in [0.25, 0.3) is 0 Å². The lowest BCUT2D eigenvalue weighted by Crippen LogP contribution is -2.63. The number of nitrogens with zero attached hydrogens (tertiary/aromatic N) is 1. The molecule has 0 unspecified atom stereocenters. The van der Waals surface area contributed by atoms with Gasteiger partial charge >= 0.3 is 28.7 Å². The van der Waals surface area contributed by atoms with Crippen LogP contribution < -0.4 is 0 Å². The van der Waals surface area contributed by atoms with E-state index in [0.717, 1.165) is 0 Å². The molecule has 0 bridgehead atoms. The first-order valence-corrected chi connectivity index (χ1v) is 11.2. The Labute approximate surface area is 186 Å². The molecule has 0 saturated carbocycles. The maximum atomic E-state index is 13.1. The van der Waals surface area contributed by atoms with Crippen molar-refractivity contribution in [1.29, 1.82) is 0 Å². The molecule has 13 heteroatoms. The zero-order chi connectivity index (χ0) is 24.9. The molecule has 2 fully saturated rings. The van der Waals surface area contributed by atoms with Gasteiger partial charge in [-0.2, -0.15) is 43.1 Å². The molecule has 0 amide bonds. The van der Waals surface area contributed by atoms with Crippen LogP contribution in [0.4, 0.5) is 26.3 Å². The van der Waals surface area contributed by atoms with Crippen LogP contribution in [0.2, 0.25) is 0 Å². The molecule has 0 radical (unpaired) electrons. The van der Waals surface area contributed by atoms with Gasteiger partial charge < -0.3 is 5.11 Å². The molecule has 2 aliphatic heterocycles. The van der Waals surface area contributed by atoms with Crippen molar-refractivity contribution in [1.82, 2.24) is 4.90 Å². The summed E-state index contributed by atoms with van der Waals surface area (Å²) in [5.41, 5.74) is -4.13. The van der Waals surface area contributed by atoms with Crippen molar-refractivity contribution < 1.29 is 48.2 Å². The highest BCUT2D eigenvalue weighted by Crippen LogP contribution is 2.41. The number of hydrogen-bond donors (Lipinski definition) is 1. The number of alkyl halides is 6. The van der Waals surface area contributed by atoms with Crippen LogP contribution in [0.1, 0.15) is 43.4 Å². The second-order valence-corrected chi connectivity index (χ2v) is 9.76. The summed E-state index contributed by atoms with van der Waals surface area (Å²) >= 11 is 0. The zero-order valence-electron chi connectivity index (χ0n) is 17.5. The molecule has 2 aliphatic rings. The molecular formula is C20H21F6NO5S. The lowest BCUT2D eigenvalue weighted by Gasteiger charge is -2.47. The standard InChI is InChI=1S/C20H21F6NO5S/c1-17(2,12-28)14-4-7-27(8-5-14)18(31-33(29,30)32-18)6-3-13-9-15(19(21,22)23)11-16(10-13)20(24,25)26/h9-11,14,28H,4-5,7-8,12H2,1-2H3. The Balaban J connectivity index is 1.93. The monoisotopic (exact) mass is 501 g/mol. The number of likely N-dealkylation sites (tertiary alicyclic amines) is 1. The van der Waals surface area contributed by atoms with E-state index in [0.29, 0.717) is 25.0 Å². The molecule has 1 aromatic carbocycles. The molecule has 33 heavy (non-hydrogen) atoms. The smallest absolute Gasteiger partial charge is 0.396 e. The van der Waals surface area contributed by atoms with Gasteiger partial charge in [-0.3, -0.25) is 0 Å². The Morgan fingerprint density at radius 2 is 1.52 bits per heavy atom. The second-order valence-electron chi connectivity index (χ2n) is 8.61. The quantitative estimate of drug-likeness (QED) is 0.503. The van der Waals surface area contributed by atoms with Crippen LogP contribution in [0.25, 0.3) is 0 Å². The average Bonchev–Trinajstić information content (AvgIpc) is 2.69. The van der Waals surface area contributed by atoms with E-state index in [2.05, 4.69) is 11.8 Å². The third kappa shape index (κ3) is 5.63. The Hall–Kier alpha value is -1.85. The number of hydrogen-bond acceptors (Lipinski definition) is 6. The van der Waals surface area contributed by atoms with Gasteiger partial charge in [0.15, 0.2) is 0 Å². The van der Waals surface area contributed by atoms with E-state index in [1.165, 1.54) is 4.90 Å². The van der Waals surface area contributed by atoms with Gasteiger partial charge in [-0.05, 0) is 48.3 Å². The molecule has 2 heterocycles. The summed E-state index contributed by atoms with van der Waals surface area (Å²) in [6.07, 6.45) is -9.09. The van der Waals surface area contributed by atoms with E-state index < -0.39 is 50.8 Å². The summed E-state index contributed by atoms with van der Waals surface area (Å²) in [5, 5.41) is 9.54. The average molecular weight is 501 g/mol. The third-order valence-electron chi connectivity index (χ3n) is 5.81. The van der Waals surface area contributed by atoms with Crippen LogP contribution in [0.15, 0.2) is 18.2 Å². The number of aliphatic hydroxyl groups is 1. The minimum atomic E-state index is -5.05. The van der Waals surface area contributed by atoms with E-state index in [-0.39, 0.29) is 31.7 Å². The summed E-state index contributed by atoms with van der Waals surface area (Å²) in [7, 11) is -4.40. The minimum Gasteiger partial charge on any atom is -0.396 e. The van der Waals surface area contributed by atoms with Crippen molar-refractivity contribution in [3.05, 3.63) is 34.9 Å². The molecular weight excluding hydrogens is 480 g/mol. The molecule has 0 aromatic heterocycles. The van der Waals surface area contributed by atoms with E-state index in [9.17, 15) is 39.9 Å². The number of aliphatic hydroxyl groups excluding tert-OH is 1. The van der Waals surface area contributed by atoms with Crippen LogP contribution in [0, 0.1) is 23.2 Å². The molecule has 0 aliphatic carbocycles. The van der Waals surface area contributed by atoms with Crippen molar-refractivity contribution in [2.45, 2.75) is 45.0 Å². The van der Waals surface area contributed by atoms with Gasteiger partial charge in [-0.25, -0.2) is 4.90 Å². The first kappa shape index (κ1) is 25.8. The van der Waals surface area contributed by atoms with Crippen molar-refractivity contribution in [3.63, 3.8) is 0 Å². The molecule has 0 spiro atoms. The van der Waals surface area contributed by atoms with Crippen LogP contribution in [0.3, 0.4) is 0 Å². The van der Waals surface area contributed by atoms with Crippen LogP contribution in [0.5, 0.6) is 0 Å². The van der Waals surface area contributed by atoms with Gasteiger partial charge in [0.1, 0.15) is 0 Å². The number of halogens is 6. The Bertz CT molecular complexity index is 1020.